The molecule has 1 aliphatic heterocycles. The molecule has 0 N–H and O–H groups in total. The first kappa shape index (κ1) is 15.2. The summed E-state index contributed by atoms with van der Waals surface area (Å²) >= 11 is 0. The van der Waals surface area contributed by atoms with E-state index >= 15 is 0 Å². The number of rotatable bonds is 3. The highest BCUT2D eigenvalue weighted by Crippen LogP contribution is 2.36. The zero-order valence-corrected chi connectivity index (χ0v) is 11.6. The number of ether oxygens (including phenoxy) is 1. The minimum Gasteiger partial charge on any atom is -0.366 e. The lowest BCUT2D eigenvalue weighted by molar-refractivity contribution is -0.386. The van der Waals surface area contributed by atoms with Crippen LogP contribution in [-0.2, 0) is 11.8 Å². The van der Waals surface area contributed by atoms with Crippen LogP contribution in [0, 0.1) is 10.1 Å². The Hall–Kier alpha value is -2.19. The highest BCUT2D eigenvalue weighted by atomic mass is 19.1. The fraction of sp³-hybridized carbons (Fsp3) is 0.727. The van der Waals surface area contributed by atoms with E-state index in [0.29, 0.717) is 12.1 Å². The Morgan fingerprint density at radius 2 is 2.38 bits per heavy atom. The van der Waals surface area contributed by atoms with Gasteiger partial charge in [-0.2, -0.15) is 5.10 Å². The first-order valence-electron chi connectivity index (χ1n) is 6.45. The summed E-state index contributed by atoms with van der Waals surface area (Å²) in [5.41, 5.74) is 8.61. The second-order valence-corrected chi connectivity index (χ2v) is 4.92. The lowest BCUT2D eigenvalue weighted by Crippen LogP contribution is -2.30. The summed E-state index contributed by atoms with van der Waals surface area (Å²) in [6.07, 6.45) is -1.23. The lowest BCUT2D eigenvalue weighted by Gasteiger charge is -2.20. The summed E-state index contributed by atoms with van der Waals surface area (Å²) < 4.78 is 21.1. The molecule has 2 heterocycles. The van der Waals surface area contributed by atoms with Crippen molar-refractivity contribution >= 4 is 5.69 Å². The van der Waals surface area contributed by atoms with Gasteiger partial charge in [0.2, 0.25) is 0 Å². The molecule has 0 unspecified atom stereocenters. The smallest absolute Gasteiger partial charge is 0.312 e. The number of azide groups is 1. The van der Waals surface area contributed by atoms with Crippen molar-refractivity contribution in [2.45, 2.75) is 44.2 Å². The Morgan fingerprint density at radius 1 is 1.67 bits per heavy atom. The van der Waals surface area contributed by atoms with E-state index in [1.54, 1.807) is 7.05 Å². The summed E-state index contributed by atoms with van der Waals surface area (Å²) in [6, 6.07) is -0.831. The Kier molecular flexibility index (Phi) is 4.39. The van der Waals surface area contributed by atoms with Crippen LogP contribution in [0.2, 0.25) is 0 Å². The molecule has 1 aromatic rings. The van der Waals surface area contributed by atoms with Crippen molar-refractivity contribution in [3.05, 3.63) is 32.4 Å². The SMILES string of the molecule is C[C@@H]1O[C@H](c2c([N+](=O)[O-])cnn2C)CC[C@@H](N=[N+]=[N-])[C@H]1F. The summed E-state index contributed by atoms with van der Waals surface area (Å²) in [7, 11) is 1.57. The maximum Gasteiger partial charge on any atom is 0.312 e. The summed E-state index contributed by atoms with van der Waals surface area (Å²) in [4.78, 5) is 13.1. The largest absolute Gasteiger partial charge is 0.366 e. The van der Waals surface area contributed by atoms with E-state index in [-0.39, 0.29) is 12.1 Å². The summed E-state index contributed by atoms with van der Waals surface area (Å²) in [5.74, 6) is 0. The van der Waals surface area contributed by atoms with Gasteiger partial charge < -0.3 is 4.74 Å². The number of nitrogens with zero attached hydrogens (tertiary/aromatic N) is 6. The topological polar surface area (TPSA) is 119 Å². The van der Waals surface area contributed by atoms with E-state index < -0.39 is 29.3 Å². The number of hydrogen-bond acceptors (Lipinski definition) is 5. The van der Waals surface area contributed by atoms with Crippen LogP contribution in [0.25, 0.3) is 10.4 Å². The lowest BCUT2D eigenvalue weighted by atomic mass is 10.0. The van der Waals surface area contributed by atoms with Gasteiger partial charge in [-0.1, -0.05) is 5.11 Å². The molecule has 9 nitrogen and oxygen atoms in total. The number of aryl methyl sites for hydroxylation is 1. The highest BCUT2D eigenvalue weighted by Gasteiger charge is 2.37. The van der Waals surface area contributed by atoms with Crippen molar-refractivity contribution in [2.24, 2.45) is 12.2 Å². The molecule has 0 aromatic carbocycles. The second-order valence-electron chi connectivity index (χ2n) is 4.92. The number of nitro groups is 1. The van der Waals surface area contributed by atoms with Crippen molar-refractivity contribution in [2.75, 3.05) is 0 Å². The van der Waals surface area contributed by atoms with Crippen molar-refractivity contribution in [1.82, 2.24) is 9.78 Å². The fourth-order valence-electron chi connectivity index (χ4n) is 2.53. The standard InChI is InChI=1S/C11H15FN6O3/c1-6-10(12)7(15-16-13)3-4-9(21-6)11-8(18(19)20)5-14-17(11)2/h5-7,9-10H,3-4H2,1-2H3/t6-,7+,9-,10-/m0/s1. The maximum absolute atomic E-state index is 14.1. The van der Waals surface area contributed by atoms with Crippen LogP contribution in [0.15, 0.2) is 11.3 Å². The highest BCUT2D eigenvalue weighted by molar-refractivity contribution is 5.35. The molecule has 1 saturated heterocycles. The van der Waals surface area contributed by atoms with Crippen LogP contribution in [-0.4, -0.2) is 33.0 Å². The molecule has 0 aliphatic carbocycles. The molecule has 0 spiro atoms. The molecule has 21 heavy (non-hydrogen) atoms. The number of halogens is 1. The molecular weight excluding hydrogens is 283 g/mol. The van der Waals surface area contributed by atoms with E-state index in [9.17, 15) is 14.5 Å². The predicted molar refractivity (Wildman–Crippen MR) is 70.2 cm³/mol. The molecule has 0 saturated carbocycles. The average Bonchev–Trinajstić information content (AvgIpc) is 2.76. The van der Waals surface area contributed by atoms with E-state index in [4.69, 9.17) is 10.3 Å². The minimum atomic E-state index is -1.45. The Morgan fingerprint density at radius 3 is 3.00 bits per heavy atom. The van der Waals surface area contributed by atoms with Gasteiger partial charge in [-0.25, -0.2) is 4.39 Å². The van der Waals surface area contributed by atoms with Gasteiger partial charge in [0, 0.05) is 12.0 Å². The van der Waals surface area contributed by atoms with E-state index in [0.717, 1.165) is 6.20 Å². The monoisotopic (exact) mass is 298 g/mol. The van der Waals surface area contributed by atoms with Crippen molar-refractivity contribution in [3.63, 3.8) is 0 Å². The molecule has 1 fully saturated rings. The maximum atomic E-state index is 14.1. The molecule has 1 aromatic heterocycles. The van der Waals surface area contributed by atoms with Gasteiger partial charge in [0.25, 0.3) is 0 Å². The first-order chi connectivity index (χ1) is 9.95. The van der Waals surface area contributed by atoms with Crippen molar-refractivity contribution < 1.29 is 14.1 Å². The number of aromatic nitrogens is 2. The van der Waals surface area contributed by atoms with Crippen LogP contribution in [0.4, 0.5) is 10.1 Å². The van der Waals surface area contributed by atoms with Gasteiger partial charge >= 0.3 is 5.69 Å². The second kappa shape index (κ2) is 6.06. The Bertz CT molecular complexity index is 585. The average molecular weight is 298 g/mol. The fourth-order valence-corrected chi connectivity index (χ4v) is 2.53. The number of alkyl halides is 1. The van der Waals surface area contributed by atoms with Crippen molar-refractivity contribution in [1.29, 1.82) is 0 Å². The molecule has 2 rings (SSSR count). The molecule has 4 atom stereocenters. The molecule has 10 heteroatoms. The van der Waals surface area contributed by atoms with Gasteiger partial charge in [-0.3, -0.25) is 14.8 Å². The molecule has 0 radical (unpaired) electrons. The third-order valence-electron chi connectivity index (χ3n) is 3.59. The zero-order valence-electron chi connectivity index (χ0n) is 11.6. The van der Waals surface area contributed by atoms with Gasteiger partial charge in [0.1, 0.15) is 24.2 Å². The Balaban J connectivity index is 2.32. The third kappa shape index (κ3) is 2.96. The van der Waals surface area contributed by atoms with E-state index in [1.807, 2.05) is 0 Å². The number of hydrogen-bond donors (Lipinski definition) is 0. The summed E-state index contributed by atoms with van der Waals surface area (Å²) in [5, 5.41) is 18.3. The summed E-state index contributed by atoms with van der Waals surface area (Å²) in [6.45, 7) is 1.52. The molecule has 114 valence electrons. The Labute approximate surface area is 119 Å². The van der Waals surface area contributed by atoms with E-state index in [2.05, 4.69) is 15.1 Å². The van der Waals surface area contributed by atoms with Crippen LogP contribution in [0.1, 0.15) is 31.6 Å². The first-order valence-corrected chi connectivity index (χ1v) is 6.45. The predicted octanol–water partition coefficient (Wildman–Crippen LogP) is 2.59. The van der Waals surface area contributed by atoms with Crippen LogP contribution in [0.3, 0.4) is 0 Å². The molecular formula is C11H15FN6O3. The molecule has 0 amide bonds. The molecule has 0 bridgehead atoms. The van der Waals surface area contributed by atoms with Crippen molar-refractivity contribution in [3.8, 4) is 0 Å². The van der Waals surface area contributed by atoms with E-state index in [1.165, 1.54) is 11.6 Å². The van der Waals surface area contributed by atoms with Gasteiger partial charge in [-0.15, -0.1) is 0 Å². The van der Waals surface area contributed by atoms with Crippen LogP contribution >= 0.6 is 0 Å². The molecule has 1 aliphatic rings. The van der Waals surface area contributed by atoms with Gasteiger partial charge in [-0.05, 0) is 25.3 Å². The van der Waals surface area contributed by atoms with Gasteiger partial charge in [0.15, 0.2) is 0 Å². The quantitative estimate of drug-likeness (QED) is 0.280. The third-order valence-corrected chi connectivity index (χ3v) is 3.59. The van der Waals surface area contributed by atoms with Crippen LogP contribution < -0.4 is 0 Å². The normalized spacial score (nSPS) is 29.5. The van der Waals surface area contributed by atoms with Gasteiger partial charge in [0.05, 0.1) is 17.1 Å². The van der Waals surface area contributed by atoms with Crippen LogP contribution in [0.5, 0.6) is 0 Å². The minimum absolute atomic E-state index is 0.160. The zero-order chi connectivity index (χ0) is 15.6.